The minimum absolute atomic E-state index is 0.00906. The molecule has 606 valence electrons. The van der Waals surface area contributed by atoms with E-state index in [1.165, 1.54) is 45.3 Å². The molecule has 4 aromatic heterocycles. The molecule has 1 aliphatic carbocycles. The number of fused-ring (bicyclic) bond motifs is 8. The number of aromatic hydroxyl groups is 1. The third-order valence-corrected chi connectivity index (χ3v) is 21.0. The van der Waals surface area contributed by atoms with Gasteiger partial charge >= 0.3 is 18.2 Å². The number of hydrogen-bond acceptors (Lipinski definition) is 26. The zero-order chi connectivity index (χ0) is 81.4. The van der Waals surface area contributed by atoms with Crippen LogP contribution in [-0.2, 0) is 119 Å². The number of phenols is 1. The number of Topliss-reactive ketones (excluding diaryl/α,β-unsaturated/α-hetero) is 1. The van der Waals surface area contributed by atoms with Crippen LogP contribution >= 0.6 is 0 Å². The highest BCUT2D eigenvalue weighted by Gasteiger charge is 2.50. The molecular weight excluding hydrogens is 1490 g/mol. The van der Waals surface area contributed by atoms with E-state index < -0.39 is 136 Å². The molecule has 0 bridgehead atoms. The van der Waals surface area contributed by atoms with Crippen LogP contribution < -0.4 is 36.9 Å². The summed E-state index contributed by atoms with van der Waals surface area (Å²) in [6.45, 7) is 8.71. The number of likely N-dealkylation sites (N-methyl/N-ethyl adjacent to an activating group) is 2. The number of carbonyl (C=O) groups is 9. The number of hydrazine groups is 1. The van der Waals surface area contributed by atoms with Gasteiger partial charge in [-0.2, -0.15) is 8.42 Å². The second-order valence-electron chi connectivity index (χ2n) is 28.3. The Morgan fingerprint density at radius 1 is 0.768 bits per heavy atom. The van der Waals surface area contributed by atoms with Gasteiger partial charge in [-0.15, -0.1) is 0 Å². The number of ketones is 1. The Balaban J connectivity index is 0.682. The van der Waals surface area contributed by atoms with Crippen LogP contribution in [0.2, 0.25) is 0 Å². The Hall–Kier alpha value is -10.3. The first-order valence-corrected chi connectivity index (χ1v) is 38.2. The first kappa shape index (κ1) is 84.2. The van der Waals surface area contributed by atoms with Crippen molar-refractivity contribution in [3.8, 4) is 22.9 Å². The molecule has 0 saturated carbocycles. The van der Waals surface area contributed by atoms with Gasteiger partial charge in [0, 0.05) is 120 Å². The predicted molar refractivity (Wildman–Crippen MR) is 398 cm³/mol. The molecule has 0 unspecified atom stereocenters. The average Bonchev–Trinajstić information content (AvgIpc) is 1.49. The number of aliphatic hydroxyl groups is 3. The third kappa shape index (κ3) is 19.1. The van der Waals surface area contributed by atoms with Crippen molar-refractivity contribution >= 4 is 91.2 Å². The lowest BCUT2D eigenvalue weighted by Gasteiger charge is -2.38. The summed E-state index contributed by atoms with van der Waals surface area (Å²) in [5, 5.41) is 70.5. The van der Waals surface area contributed by atoms with Crippen molar-refractivity contribution < 1.29 is 110 Å². The molecule has 0 radical (unpaired) electrons. The third-order valence-electron chi connectivity index (χ3n) is 20.3. The lowest BCUT2D eigenvalue weighted by Crippen LogP contribution is -2.61. The molecule has 112 heavy (non-hydrogen) atoms. The maximum absolute atomic E-state index is 14.4. The van der Waals surface area contributed by atoms with Crippen molar-refractivity contribution in [3.05, 3.63) is 110 Å². The quantitative estimate of drug-likeness (QED) is 0.0203. The summed E-state index contributed by atoms with van der Waals surface area (Å²) in [6.07, 6.45) is -10.3. The summed E-state index contributed by atoms with van der Waals surface area (Å²) in [4.78, 5) is 147. The van der Waals surface area contributed by atoms with Gasteiger partial charge in [0.2, 0.25) is 35.8 Å². The number of nitrogens with zero attached hydrogens (tertiary/aromatic N) is 8. The molecule has 1 saturated heterocycles. The topological polar surface area (TPSA) is 490 Å². The summed E-state index contributed by atoms with van der Waals surface area (Å²) in [7, 11) is 1.95. The van der Waals surface area contributed by atoms with Gasteiger partial charge in [-0.05, 0) is 97.3 Å². The zero-order valence-corrected chi connectivity index (χ0v) is 64.2. The van der Waals surface area contributed by atoms with E-state index in [9.17, 15) is 86.4 Å². The molecule has 10 rings (SSSR count). The first-order chi connectivity index (χ1) is 53.1. The van der Waals surface area contributed by atoms with E-state index in [0.717, 1.165) is 43.0 Å². The van der Waals surface area contributed by atoms with E-state index in [0.29, 0.717) is 47.6 Å². The Morgan fingerprint density at radius 3 is 2.17 bits per heavy atom. The van der Waals surface area contributed by atoms with E-state index in [4.69, 9.17) is 33.4 Å². The number of carbonyl (C=O) groups excluding carboxylic acids is 8. The van der Waals surface area contributed by atoms with Gasteiger partial charge in [-0.3, -0.25) is 38.1 Å². The largest absolute Gasteiger partial charge is 0.508 e. The van der Waals surface area contributed by atoms with E-state index >= 15 is 0 Å². The number of rotatable bonds is 33. The van der Waals surface area contributed by atoms with Gasteiger partial charge in [-0.25, -0.2) is 34.4 Å². The number of carboxylic acids is 1. The monoisotopic (exact) mass is 1580 g/mol. The maximum atomic E-state index is 14.4. The number of benzene rings is 2. The smallest absolute Gasteiger partial charge is 0.410 e. The van der Waals surface area contributed by atoms with Crippen LogP contribution in [0.3, 0.4) is 0 Å². The van der Waals surface area contributed by atoms with Gasteiger partial charge in [0.15, 0.2) is 17.5 Å². The normalized spacial score (nSPS) is 19.6. The van der Waals surface area contributed by atoms with Crippen molar-refractivity contribution in [1.29, 1.82) is 0 Å². The maximum Gasteiger partial charge on any atom is 0.410 e. The van der Waals surface area contributed by atoms with Gasteiger partial charge < -0.3 is 99.5 Å². The van der Waals surface area contributed by atoms with Gasteiger partial charge in [0.05, 0.1) is 62.1 Å². The van der Waals surface area contributed by atoms with E-state index in [-0.39, 0.29) is 125 Å². The van der Waals surface area contributed by atoms with Crippen molar-refractivity contribution in [2.75, 3.05) is 85.3 Å². The Kier molecular flexibility index (Phi) is 27.1. The second kappa shape index (κ2) is 36.0. The first-order valence-electron chi connectivity index (χ1n) is 36.6. The number of nitrogens with one attached hydrogen (secondary N) is 5. The number of aliphatic hydroxyl groups excluding tert-OH is 3. The fraction of sp³-hybridized carbons (Fsp3) is 0.514. The number of aryl methyl sites for hydroxylation is 2. The molecule has 3 aliphatic heterocycles. The summed E-state index contributed by atoms with van der Waals surface area (Å²) >= 11 is 0. The molecule has 1 fully saturated rings. The van der Waals surface area contributed by atoms with Crippen LogP contribution in [0, 0.1) is 5.92 Å². The highest BCUT2D eigenvalue weighted by Crippen LogP contribution is 2.44. The number of aliphatic carboxylic acids is 1. The Labute approximate surface area is 643 Å². The Morgan fingerprint density at radius 2 is 1.47 bits per heavy atom. The molecule has 38 heteroatoms. The number of aromatic nitrogens is 4. The predicted octanol–water partition coefficient (Wildman–Crippen LogP) is 1.15. The van der Waals surface area contributed by atoms with Crippen molar-refractivity contribution in [2.24, 2.45) is 5.92 Å². The van der Waals surface area contributed by atoms with E-state index in [1.54, 1.807) is 49.7 Å². The SMILES string of the molecule is CCc1c2c(nc3ccc(O)cc13)-c1cc3c(c(=O)n1C2)CCC(=O)[C@@]3(CC)OC(=O)N(C)CCN(C)C(=O)OCc1ccc(NC(=O)[C@H](C)NC(=O)[C@@H](NC(=O)CCOCCOCCNC(=O)[C@H](CS(=O)(=O)O)NC(=O)CCn2c3c(c4cccnc42)CN(C)N(C)C3)C(C)C)c(O[C@@H]2O[C@H](C(=O)O)[C@@H](O)[C@H](O)[C@H]2O)c1. The van der Waals surface area contributed by atoms with Gasteiger partial charge in [-0.1, -0.05) is 33.8 Å². The number of anilines is 1. The fourth-order valence-electron chi connectivity index (χ4n) is 13.9. The van der Waals surface area contributed by atoms with E-state index in [2.05, 4.69) is 36.6 Å². The summed E-state index contributed by atoms with van der Waals surface area (Å²) in [6, 6.07) is 10.1. The molecule has 7 heterocycles. The average molecular weight is 1580 g/mol. The summed E-state index contributed by atoms with van der Waals surface area (Å²) in [5.74, 6) is -7.77. The number of amides is 7. The van der Waals surface area contributed by atoms with Crippen molar-refractivity contribution in [3.63, 3.8) is 0 Å². The molecule has 2 aromatic carbocycles. The summed E-state index contributed by atoms with van der Waals surface area (Å²) in [5.41, 5.74) is 4.44. The van der Waals surface area contributed by atoms with Crippen LogP contribution in [0.15, 0.2) is 65.6 Å². The highest BCUT2D eigenvalue weighted by atomic mass is 32.2. The van der Waals surface area contributed by atoms with Crippen LogP contribution in [0.25, 0.3) is 33.3 Å². The molecule has 4 aliphatic rings. The lowest BCUT2D eigenvalue weighted by atomic mass is 9.76. The molecule has 6 aromatic rings. The van der Waals surface area contributed by atoms with Crippen LogP contribution in [0.4, 0.5) is 15.3 Å². The van der Waals surface area contributed by atoms with Gasteiger partial charge in [0.1, 0.15) is 65.9 Å². The fourth-order valence-corrected chi connectivity index (χ4v) is 14.6. The second-order valence-corrected chi connectivity index (χ2v) is 29.8. The summed E-state index contributed by atoms with van der Waals surface area (Å²) < 4.78 is 71.0. The van der Waals surface area contributed by atoms with Crippen LogP contribution in [-0.4, -0.2) is 260 Å². The van der Waals surface area contributed by atoms with Crippen molar-refractivity contribution in [2.45, 2.75) is 160 Å². The molecule has 9 atom stereocenters. The number of carboxylic acid groups (broad SMARTS) is 1. The molecule has 37 nitrogen and oxygen atoms in total. The minimum Gasteiger partial charge on any atom is -0.508 e. The number of pyridine rings is 3. The number of ether oxygens (including phenoxy) is 6. The van der Waals surface area contributed by atoms with Crippen LogP contribution in [0.5, 0.6) is 11.5 Å². The van der Waals surface area contributed by atoms with Crippen molar-refractivity contribution in [1.82, 2.24) is 60.2 Å². The van der Waals surface area contributed by atoms with Crippen LogP contribution in [0.1, 0.15) is 99.4 Å². The highest BCUT2D eigenvalue weighted by molar-refractivity contribution is 7.85. The molecule has 0 spiro atoms. The van der Waals surface area contributed by atoms with E-state index in [1.807, 2.05) is 42.7 Å². The Bertz CT molecular complexity index is 4770. The molecule has 7 amide bonds. The van der Waals surface area contributed by atoms with Gasteiger partial charge in [0.25, 0.3) is 15.7 Å². The number of hydrogen-bond donors (Lipinski definition) is 11. The number of phenolic OH excluding ortho intramolecular Hbond substituents is 1. The zero-order valence-electron chi connectivity index (χ0n) is 63.4. The standard InChI is InChI=1S/C74H95N13O24S/c1-10-43-46-32-42(88)15-18-50(46)79-60-48(43)35-87-53(60)33-49-45(69(87)98)16-19-56(89)74(49,11-2)111-73(102)83(7)26-25-82(6)72(101)108-37-41-14-17-51(55(31-41)109-71-63(94)61(92)62(93)64(110-71)70(99)100)80-66(95)40(5)77-68(97)59(39(3)4)81-58(91)21-27-106-29-30-107-28-23-76-67(96)52(38-112(103,104)105)78-57(90)20-24-86-54-36-85(9)84(8)34-47(54)44-13-12-22-75-65(44)86/h12-15,17-18,22,31-33,39-40,52,59,61-64,71,88,92-94H,10-11,16,19-21,23-30,34-38H2,1-9H3,(H,76,96)(H,77,97)(H,78,90)(H,80,95)(H,81,91)(H,99,100)(H,103,104,105)/t40-,52-,59-,61-,62-,63+,64-,71+,74-/m0/s1. The molecular formula is C74H95N13O24S. The lowest BCUT2D eigenvalue weighted by molar-refractivity contribution is -0.271. The minimum atomic E-state index is -4.72. The molecule has 11 N–H and O–H groups in total.